The average molecular weight is 167 g/mol. The molecule has 1 nitrogen and oxygen atoms in total. The van der Waals surface area contributed by atoms with E-state index in [1.54, 1.807) is 0 Å². The summed E-state index contributed by atoms with van der Waals surface area (Å²) in [7, 11) is 0. The van der Waals surface area contributed by atoms with Gasteiger partial charge in [0.1, 0.15) is 0 Å². The third kappa shape index (κ3) is 4.89. The van der Waals surface area contributed by atoms with Gasteiger partial charge in [-0.25, -0.2) is 4.57 Å². The van der Waals surface area contributed by atoms with Crippen molar-refractivity contribution in [3.05, 3.63) is 38.0 Å². The van der Waals surface area contributed by atoms with Crippen LogP contribution in [0.15, 0.2) is 30.6 Å². The van der Waals surface area contributed by atoms with Crippen LogP contribution in [-0.2, 0) is 0 Å². The lowest BCUT2D eigenvalue weighted by Gasteiger charge is -1.96. The van der Waals surface area contributed by atoms with Gasteiger partial charge in [0.25, 0.3) is 0 Å². The third-order valence-corrected chi connectivity index (χ3v) is 1.33. The van der Waals surface area contributed by atoms with Crippen LogP contribution in [-0.4, -0.2) is 0 Å². The minimum atomic E-state index is 0. The number of aromatic nitrogens is 1. The van der Waals surface area contributed by atoms with Crippen LogP contribution in [0.1, 0.15) is 33.7 Å². The summed E-state index contributed by atoms with van der Waals surface area (Å²) < 4.78 is 2.17. The molecular formula is C11H21N. The molecular weight excluding hydrogens is 146 g/mol. The van der Waals surface area contributed by atoms with Crippen molar-refractivity contribution in [3.8, 4) is 0 Å². The van der Waals surface area contributed by atoms with Gasteiger partial charge in [-0.05, 0) is 13.8 Å². The maximum atomic E-state index is 2.17. The Morgan fingerprint density at radius 1 is 0.917 bits per heavy atom. The topological polar surface area (TPSA) is 3.88 Å². The zero-order valence-electron chi connectivity index (χ0n) is 8.91. The Hall–Kier alpha value is -0.850. The van der Waals surface area contributed by atoms with Crippen molar-refractivity contribution < 1.29 is 4.57 Å². The predicted molar refractivity (Wildman–Crippen MR) is 54.8 cm³/mol. The van der Waals surface area contributed by atoms with Crippen LogP contribution in [0.25, 0.3) is 0 Å². The van der Waals surface area contributed by atoms with E-state index in [4.69, 9.17) is 0 Å². The number of hydrogen-bond acceptors (Lipinski definition) is 0. The van der Waals surface area contributed by atoms with Gasteiger partial charge in [-0.2, -0.15) is 0 Å². The monoisotopic (exact) mass is 167 g/mol. The van der Waals surface area contributed by atoms with E-state index in [9.17, 15) is 0 Å². The fourth-order valence-electron chi connectivity index (χ4n) is 0.756. The van der Waals surface area contributed by atoms with Gasteiger partial charge >= 0.3 is 0 Å². The Morgan fingerprint density at radius 2 is 1.33 bits per heavy atom. The number of nitrogens with zero attached hydrogens (tertiary/aromatic N) is 1. The molecule has 1 heteroatoms. The molecule has 0 radical (unpaired) electrons. The lowest BCUT2D eigenvalue weighted by Crippen LogP contribution is -2.34. The minimum absolute atomic E-state index is 0. The molecule has 0 aromatic carbocycles. The lowest BCUT2D eigenvalue weighted by atomic mass is 10.3. The Kier molecular flexibility index (Phi) is 9.43. The summed E-state index contributed by atoms with van der Waals surface area (Å²) in [6.45, 7) is 8.33. The van der Waals surface area contributed by atoms with Crippen LogP contribution in [0, 0.1) is 7.43 Å². The van der Waals surface area contributed by atoms with E-state index >= 15 is 0 Å². The normalized spacial score (nSPS) is 8.08. The Labute approximate surface area is 77.1 Å². The summed E-state index contributed by atoms with van der Waals surface area (Å²) in [5, 5.41) is 0. The average Bonchev–Trinajstić information content (AvgIpc) is 2.10. The molecule has 0 spiro atoms. The molecule has 0 N–H and O–H groups in total. The third-order valence-electron chi connectivity index (χ3n) is 1.33. The van der Waals surface area contributed by atoms with E-state index in [0.29, 0.717) is 6.04 Å². The molecule has 0 bridgehead atoms. The van der Waals surface area contributed by atoms with Crippen molar-refractivity contribution in [1.82, 2.24) is 0 Å². The molecule has 1 aromatic rings. The predicted octanol–water partition coefficient (Wildman–Crippen LogP) is 3.03. The molecule has 0 aliphatic carbocycles. The van der Waals surface area contributed by atoms with Crippen LogP contribution >= 0.6 is 0 Å². The van der Waals surface area contributed by atoms with Crippen molar-refractivity contribution in [2.24, 2.45) is 0 Å². The fraction of sp³-hybridized carbons (Fsp3) is 0.455. The van der Waals surface area contributed by atoms with Crippen LogP contribution in [0.5, 0.6) is 0 Å². The summed E-state index contributed by atoms with van der Waals surface area (Å²) >= 11 is 0. The van der Waals surface area contributed by atoms with Crippen LogP contribution in [0.3, 0.4) is 0 Å². The maximum absolute atomic E-state index is 2.17. The second kappa shape index (κ2) is 8.25. The zero-order chi connectivity index (χ0) is 8.69. The highest BCUT2D eigenvalue weighted by Gasteiger charge is 2.00. The first-order valence-corrected chi connectivity index (χ1v) is 4.26. The standard InChI is InChI=1S/C8H12N.C2H6.CH3/c1-8(2)9-6-4-3-5-7-9;1-2;/h3-8H,1-2H3;1-2H3;1H3/q+1;;-1. The van der Waals surface area contributed by atoms with Gasteiger partial charge in [0.05, 0.1) is 0 Å². The second-order valence-electron chi connectivity index (χ2n) is 2.42. The molecule has 70 valence electrons. The zero-order valence-corrected chi connectivity index (χ0v) is 8.91. The van der Waals surface area contributed by atoms with Crippen LogP contribution < -0.4 is 4.57 Å². The minimum Gasteiger partial charge on any atom is -0.358 e. The van der Waals surface area contributed by atoms with Gasteiger partial charge in [-0.15, -0.1) is 0 Å². The first-order chi connectivity index (χ1) is 5.30. The molecule has 1 rings (SSSR count). The van der Waals surface area contributed by atoms with E-state index in [2.05, 4.69) is 30.8 Å². The molecule has 0 atom stereocenters. The number of pyridine rings is 1. The maximum Gasteiger partial charge on any atom is 0.169 e. The van der Waals surface area contributed by atoms with Gasteiger partial charge in [-0.3, -0.25) is 0 Å². The van der Waals surface area contributed by atoms with E-state index in [1.807, 2.05) is 32.0 Å². The van der Waals surface area contributed by atoms with Gasteiger partial charge in [0, 0.05) is 12.1 Å². The highest BCUT2D eigenvalue weighted by molar-refractivity contribution is 4.83. The molecule has 0 unspecified atom stereocenters. The molecule has 0 fully saturated rings. The molecule has 0 aliphatic rings. The highest BCUT2D eigenvalue weighted by Crippen LogP contribution is 1.88. The first kappa shape index (κ1) is 13.7. The second-order valence-corrected chi connectivity index (χ2v) is 2.42. The number of hydrogen-bond donors (Lipinski definition) is 0. The summed E-state index contributed by atoms with van der Waals surface area (Å²) in [5.74, 6) is 0. The lowest BCUT2D eigenvalue weighted by molar-refractivity contribution is -0.716. The van der Waals surface area contributed by atoms with Gasteiger partial charge < -0.3 is 7.43 Å². The molecule has 0 aliphatic heterocycles. The summed E-state index contributed by atoms with van der Waals surface area (Å²) in [4.78, 5) is 0. The van der Waals surface area contributed by atoms with E-state index < -0.39 is 0 Å². The summed E-state index contributed by atoms with van der Waals surface area (Å²) in [6, 6.07) is 6.69. The van der Waals surface area contributed by atoms with Crippen LogP contribution in [0.4, 0.5) is 0 Å². The number of rotatable bonds is 1. The van der Waals surface area contributed by atoms with E-state index in [-0.39, 0.29) is 7.43 Å². The Balaban J connectivity index is 0. The van der Waals surface area contributed by atoms with Crippen molar-refractivity contribution in [2.75, 3.05) is 0 Å². The highest BCUT2D eigenvalue weighted by atomic mass is 15.0. The summed E-state index contributed by atoms with van der Waals surface area (Å²) in [5.41, 5.74) is 0. The molecule has 12 heavy (non-hydrogen) atoms. The van der Waals surface area contributed by atoms with Gasteiger partial charge in [0.2, 0.25) is 0 Å². The van der Waals surface area contributed by atoms with Gasteiger partial charge in [0.15, 0.2) is 18.4 Å². The quantitative estimate of drug-likeness (QED) is 0.447. The first-order valence-electron chi connectivity index (χ1n) is 4.26. The molecule has 0 amide bonds. The molecule has 0 saturated carbocycles. The van der Waals surface area contributed by atoms with Crippen molar-refractivity contribution in [3.63, 3.8) is 0 Å². The van der Waals surface area contributed by atoms with Crippen molar-refractivity contribution >= 4 is 0 Å². The van der Waals surface area contributed by atoms with Crippen molar-refractivity contribution in [2.45, 2.75) is 33.7 Å². The fourth-order valence-corrected chi connectivity index (χ4v) is 0.756. The van der Waals surface area contributed by atoms with Gasteiger partial charge in [-0.1, -0.05) is 19.9 Å². The van der Waals surface area contributed by atoms with E-state index in [1.165, 1.54) is 0 Å². The SMILES string of the molecule is CC.CC(C)[n+]1ccccc1.[CH3-]. The largest absolute Gasteiger partial charge is 0.358 e. The van der Waals surface area contributed by atoms with E-state index in [0.717, 1.165) is 0 Å². The van der Waals surface area contributed by atoms with Crippen molar-refractivity contribution in [1.29, 1.82) is 0 Å². The smallest absolute Gasteiger partial charge is 0.169 e. The molecule has 0 saturated heterocycles. The Bertz CT molecular complexity index is 168. The molecule has 1 aromatic heterocycles. The summed E-state index contributed by atoms with van der Waals surface area (Å²) in [6.07, 6.45) is 4.15. The molecule has 1 heterocycles. The Morgan fingerprint density at radius 3 is 1.58 bits per heavy atom. The van der Waals surface area contributed by atoms with Crippen LogP contribution in [0.2, 0.25) is 0 Å².